The third kappa shape index (κ3) is 1.45. The second kappa shape index (κ2) is 3.35. The number of hydrogen-bond acceptors (Lipinski definition) is 3. The minimum atomic E-state index is -1.11. The molecule has 0 aromatic carbocycles. The van der Waals surface area contributed by atoms with Crippen LogP contribution in [-0.2, 0) is 5.60 Å². The molecule has 0 radical (unpaired) electrons. The maximum Gasteiger partial charge on any atom is 0.371 e. The highest BCUT2D eigenvalue weighted by Crippen LogP contribution is 2.52. The summed E-state index contributed by atoms with van der Waals surface area (Å²) in [7, 11) is 0. The minimum absolute atomic E-state index is 0.119. The van der Waals surface area contributed by atoms with Crippen LogP contribution in [0.2, 0.25) is 0 Å². The molecule has 2 rings (SSSR count). The Morgan fingerprint density at radius 1 is 1.38 bits per heavy atom. The van der Waals surface area contributed by atoms with Crippen LogP contribution >= 0.6 is 0 Å². The molecule has 0 spiro atoms. The summed E-state index contributed by atoms with van der Waals surface area (Å²) in [6.07, 6.45) is 2.45. The first kappa shape index (κ1) is 11.2. The van der Waals surface area contributed by atoms with Crippen LogP contribution in [0, 0.1) is 5.41 Å². The lowest BCUT2D eigenvalue weighted by molar-refractivity contribution is -0.0658. The van der Waals surface area contributed by atoms with Gasteiger partial charge >= 0.3 is 5.97 Å². The Bertz CT molecular complexity index is 418. The fourth-order valence-corrected chi connectivity index (χ4v) is 2.46. The number of rotatable bonds is 2. The molecule has 0 aliphatic heterocycles. The van der Waals surface area contributed by atoms with E-state index in [1.807, 2.05) is 13.8 Å². The van der Waals surface area contributed by atoms with Crippen LogP contribution in [0.15, 0.2) is 16.5 Å². The van der Waals surface area contributed by atoms with E-state index in [9.17, 15) is 9.90 Å². The lowest BCUT2D eigenvalue weighted by atomic mass is 9.76. The Hall–Kier alpha value is -1.29. The van der Waals surface area contributed by atoms with Crippen molar-refractivity contribution in [2.75, 3.05) is 0 Å². The summed E-state index contributed by atoms with van der Waals surface area (Å²) >= 11 is 0. The predicted molar refractivity (Wildman–Crippen MR) is 57.2 cm³/mol. The molecule has 0 amide bonds. The Kier molecular flexibility index (Phi) is 2.35. The fourth-order valence-electron chi connectivity index (χ4n) is 2.46. The first-order chi connectivity index (χ1) is 7.37. The summed E-state index contributed by atoms with van der Waals surface area (Å²) in [5.41, 5.74) is -1.32. The second-order valence-corrected chi connectivity index (χ2v) is 5.07. The zero-order valence-electron chi connectivity index (χ0n) is 9.49. The highest BCUT2D eigenvalue weighted by molar-refractivity contribution is 5.84. The maximum absolute atomic E-state index is 10.7. The Balaban J connectivity index is 2.39. The third-order valence-electron chi connectivity index (χ3n) is 3.68. The van der Waals surface area contributed by atoms with Gasteiger partial charge in [-0.1, -0.05) is 13.8 Å². The molecule has 1 heterocycles. The number of carbonyl (C=O) groups is 1. The van der Waals surface area contributed by atoms with Crippen molar-refractivity contribution >= 4 is 5.97 Å². The van der Waals surface area contributed by atoms with Crippen molar-refractivity contribution in [3.63, 3.8) is 0 Å². The molecule has 1 fully saturated rings. The molecule has 1 aromatic rings. The molecule has 88 valence electrons. The van der Waals surface area contributed by atoms with E-state index in [1.165, 1.54) is 6.07 Å². The van der Waals surface area contributed by atoms with E-state index in [0.29, 0.717) is 12.2 Å². The number of aliphatic hydroxyl groups is 1. The molecule has 1 saturated carbocycles. The second-order valence-electron chi connectivity index (χ2n) is 5.07. The Morgan fingerprint density at radius 2 is 2.06 bits per heavy atom. The molecule has 1 atom stereocenters. The van der Waals surface area contributed by atoms with Crippen molar-refractivity contribution in [3.8, 4) is 0 Å². The molecule has 1 unspecified atom stereocenters. The van der Waals surface area contributed by atoms with Gasteiger partial charge in [0.15, 0.2) is 0 Å². The van der Waals surface area contributed by atoms with Crippen LogP contribution in [0.1, 0.15) is 49.4 Å². The van der Waals surface area contributed by atoms with E-state index in [2.05, 4.69) is 0 Å². The Labute approximate surface area is 93.9 Å². The van der Waals surface area contributed by atoms with Gasteiger partial charge in [0.05, 0.1) is 0 Å². The van der Waals surface area contributed by atoms with Gasteiger partial charge in [0, 0.05) is 5.41 Å². The fraction of sp³-hybridized carbons (Fsp3) is 0.583. The topological polar surface area (TPSA) is 70.7 Å². The smallest absolute Gasteiger partial charge is 0.371 e. The predicted octanol–water partition coefficient (Wildman–Crippen LogP) is 2.38. The van der Waals surface area contributed by atoms with Crippen molar-refractivity contribution in [2.24, 2.45) is 5.41 Å². The van der Waals surface area contributed by atoms with E-state index in [0.717, 1.165) is 12.8 Å². The van der Waals surface area contributed by atoms with Gasteiger partial charge in [0.25, 0.3) is 0 Å². The zero-order chi connectivity index (χ0) is 12.0. The minimum Gasteiger partial charge on any atom is -0.475 e. The normalized spacial score (nSPS) is 28.2. The molecule has 0 saturated heterocycles. The van der Waals surface area contributed by atoms with Gasteiger partial charge in [-0.15, -0.1) is 0 Å². The number of aromatic carboxylic acids is 1. The van der Waals surface area contributed by atoms with E-state index in [4.69, 9.17) is 9.52 Å². The molecule has 0 bridgehead atoms. The largest absolute Gasteiger partial charge is 0.475 e. The standard InChI is InChI=1S/C12H16O4/c1-11(2)6-3-7-12(11,15)9-5-4-8(16-9)10(13)14/h4-5,15H,3,6-7H2,1-2H3,(H,13,14). The molecule has 4 nitrogen and oxygen atoms in total. The maximum atomic E-state index is 10.7. The summed E-state index contributed by atoms with van der Waals surface area (Å²) in [5.74, 6) is -0.857. The van der Waals surface area contributed by atoms with Crippen molar-refractivity contribution < 1.29 is 19.4 Å². The van der Waals surface area contributed by atoms with E-state index >= 15 is 0 Å². The van der Waals surface area contributed by atoms with E-state index in [-0.39, 0.29) is 11.2 Å². The van der Waals surface area contributed by atoms with Crippen molar-refractivity contribution in [3.05, 3.63) is 23.7 Å². The van der Waals surface area contributed by atoms with Crippen molar-refractivity contribution in [1.82, 2.24) is 0 Å². The van der Waals surface area contributed by atoms with Gasteiger partial charge in [-0.3, -0.25) is 0 Å². The van der Waals surface area contributed by atoms with Crippen LogP contribution in [0.4, 0.5) is 0 Å². The number of furan rings is 1. The molecule has 1 aliphatic carbocycles. The third-order valence-corrected chi connectivity index (χ3v) is 3.68. The summed E-state index contributed by atoms with van der Waals surface area (Å²) in [6, 6.07) is 2.96. The SMILES string of the molecule is CC1(C)CCCC1(O)c1ccc(C(=O)O)o1. The lowest BCUT2D eigenvalue weighted by Gasteiger charge is -2.34. The summed E-state index contributed by atoms with van der Waals surface area (Å²) in [4.78, 5) is 10.7. The highest BCUT2D eigenvalue weighted by atomic mass is 16.4. The van der Waals surface area contributed by atoms with Gasteiger partial charge in [0.2, 0.25) is 5.76 Å². The molecular weight excluding hydrogens is 208 g/mol. The molecule has 1 aliphatic rings. The summed E-state index contributed by atoms with van der Waals surface area (Å²) in [5, 5.41) is 19.4. The van der Waals surface area contributed by atoms with Gasteiger partial charge in [-0.25, -0.2) is 4.79 Å². The van der Waals surface area contributed by atoms with Gasteiger partial charge in [-0.2, -0.15) is 0 Å². The van der Waals surface area contributed by atoms with Gasteiger partial charge in [-0.05, 0) is 31.4 Å². The van der Waals surface area contributed by atoms with E-state index in [1.54, 1.807) is 6.07 Å². The molecular formula is C12H16O4. The van der Waals surface area contributed by atoms with Crippen LogP contribution in [0.25, 0.3) is 0 Å². The summed E-state index contributed by atoms with van der Waals surface area (Å²) < 4.78 is 5.22. The average molecular weight is 224 g/mol. The first-order valence-corrected chi connectivity index (χ1v) is 5.43. The Morgan fingerprint density at radius 3 is 2.50 bits per heavy atom. The number of hydrogen-bond donors (Lipinski definition) is 2. The molecule has 4 heteroatoms. The van der Waals surface area contributed by atoms with Crippen LogP contribution in [-0.4, -0.2) is 16.2 Å². The van der Waals surface area contributed by atoms with Crippen LogP contribution in [0.3, 0.4) is 0 Å². The molecule has 1 aromatic heterocycles. The zero-order valence-corrected chi connectivity index (χ0v) is 9.49. The van der Waals surface area contributed by atoms with Gasteiger partial charge < -0.3 is 14.6 Å². The monoisotopic (exact) mass is 224 g/mol. The van der Waals surface area contributed by atoms with Crippen molar-refractivity contribution in [1.29, 1.82) is 0 Å². The lowest BCUT2D eigenvalue weighted by Crippen LogP contribution is -2.36. The number of carboxylic acid groups (broad SMARTS) is 1. The van der Waals surface area contributed by atoms with Crippen LogP contribution in [0.5, 0.6) is 0 Å². The number of carboxylic acids is 1. The molecule has 16 heavy (non-hydrogen) atoms. The van der Waals surface area contributed by atoms with Crippen LogP contribution < -0.4 is 0 Å². The highest BCUT2D eigenvalue weighted by Gasteiger charge is 2.50. The van der Waals surface area contributed by atoms with Gasteiger partial charge in [0.1, 0.15) is 11.4 Å². The average Bonchev–Trinajstić information content (AvgIpc) is 2.73. The van der Waals surface area contributed by atoms with E-state index < -0.39 is 11.6 Å². The summed E-state index contributed by atoms with van der Waals surface area (Å²) in [6.45, 7) is 3.95. The quantitative estimate of drug-likeness (QED) is 0.809. The first-order valence-electron chi connectivity index (χ1n) is 5.43. The van der Waals surface area contributed by atoms with Crippen molar-refractivity contribution in [2.45, 2.75) is 38.7 Å². The molecule has 2 N–H and O–H groups in total.